The molecule has 0 bridgehead atoms. The number of carbonyl (C=O) groups is 1. The van der Waals surface area contributed by atoms with Crippen molar-refractivity contribution in [2.24, 2.45) is 0 Å². The summed E-state index contributed by atoms with van der Waals surface area (Å²) in [5, 5.41) is 11.5. The van der Waals surface area contributed by atoms with Crippen molar-refractivity contribution in [3.63, 3.8) is 0 Å². The van der Waals surface area contributed by atoms with Crippen LogP contribution in [0.25, 0.3) is 0 Å². The number of halogens is 1. The number of aryl methyl sites for hydroxylation is 2. The Morgan fingerprint density at radius 1 is 1.37 bits per heavy atom. The number of ether oxygens (including phenoxy) is 1. The summed E-state index contributed by atoms with van der Waals surface area (Å²) in [5.41, 5.74) is 2.57. The van der Waals surface area contributed by atoms with E-state index in [2.05, 4.69) is 0 Å². The Kier molecular flexibility index (Phi) is 4.12. The Bertz CT molecular complexity index is 596. The van der Waals surface area contributed by atoms with Crippen LogP contribution in [0, 0.1) is 13.8 Å². The summed E-state index contributed by atoms with van der Waals surface area (Å²) in [5.74, 6) is -0.223. The summed E-state index contributed by atoms with van der Waals surface area (Å²) in [4.78, 5) is 11.3. The van der Waals surface area contributed by atoms with E-state index in [9.17, 15) is 4.79 Å². The number of hydrogen-bond acceptors (Lipinski definition) is 3. The van der Waals surface area contributed by atoms with Crippen LogP contribution in [0.15, 0.2) is 23.6 Å². The molecule has 0 aliphatic carbocycles. The molecule has 2 aromatic rings. The lowest BCUT2D eigenvalue weighted by atomic mass is 10.1. The minimum absolute atomic E-state index is 0.242. The predicted molar refractivity (Wildman–Crippen MR) is 76.5 cm³/mol. The van der Waals surface area contributed by atoms with Crippen molar-refractivity contribution in [2.75, 3.05) is 0 Å². The maximum Gasteiger partial charge on any atom is 0.346 e. The quantitative estimate of drug-likeness (QED) is 0.915. The number of rotatable bonds is 4. The van der Waals surface area contributed by atoms with E-state index in [0.29, 0.717) is 16.2 Å². The van der Waals surface area contributed by atoms with Crippen LogP contribution in [0.5, 0.6) is 5.75 Å². The van der Waals surface area contributed by atoms with E-state index >= 15 is 0 Å². The average molecular weight is 297 g/mol. The molecule has 5 heteroatoms. The summed E-state index contributed by atoms with van der Waals surface area (Å²) in [6.07, 6.45) is 0. The average Bonchev–Trinajstić information content (AvgIpc) is 2.81. The van der Waals surface area contributed by atoms with Gasteiger partial charge in [-0.2, -0.15) is 0 Å². The molecule has 0 aliphatic rings. The highest BCUT2D eigenvalue weighted by Gasteiger charge is 2.12. The third-order valence-electron chi connectivity index (χ3n) is 2.75. The van der Waals surface area contributed by atoms with Crippen molar-refractivity contribution in [2.45, 2.75) is 20.5 Å². The topological polar surface area (TPSA) is 46.5 Å². The van der Waals surface area contributed by atoms with Gasteiger partial charge in [0.1, 0.15) is 17.2 Å². The molecule has 0 aliphatic heterocycles. The molecule has 0 fully saturated rings. The molecule has 0 radical (unpaired) electrons. The molecule has 0 saturated heterocycles. The maximum atomic E-state index is 11.0. The monoisotopic (exact) mass is 296 g/mol. The summed E-state index contributed by atoms with van der Waals surface area (Å²) in [7, 11) is 0. The zero-order chi connectivity index (χ0) is 14.0. The van der Waals surface area contributed by atoms with Crippen LogP contribution in [-0.2, 0) is 6.61 Å². The van der Waals surface area contributed by atoms with Crippen LogP contribution in [0.4, 0.5) is 0 Å². The van der Waals surface area contributed by atoms with E-state index in [1.54, 1.807) is 11.4 Å². The Morgan fingerprint density at radius 3 is 2.58 bits per heavy atom. The second-order valence-electron chi connectivity index (χ2n) is 4.24. The molecule has 19 heavy (non-hydrogen) atoms. The van der Waals surface area contributed by atoms with E-state index in [0.717, 1.165) is 16.1 Å². The Hall–Kier alpha value is -1.52. The van der Waals surface area contributed by atoms with Gasteiger partial charge in [0.25, 0.3) is 0 Å². The second-order valence-corrected chi connectivity index (χ2v) is 5.53. The van der Waals surface area contributed by atoms with Crippen molar-refractivity contribution in [3.05, 3.63) is 50.2 Å². The molecule has 100 valence electrons. The lowest BCUT2D eigenvalue weighted by molar-refractivity contribution is 0.0699. The number of aromatic carboxylic acids is 1. The normalized spacial score (nSPS) is 10.5. The number of benzene rings is 1. The summed E-state index contributed by atoms with van der Waals surface area (Å²) in [6, 6.07) is 5.47. The lowest BCUT2D eigenvalue weighted by Crippen LogP contribution is -2.02. The van der Waals surface area contributed by atoms with Gasteiger partial charge in [-0.3, -0.25) is 0 Å². The van der Waals surface area contributed by atoms with Gasteiger partial charge >= 0.3 is 5.97 Å². The molecular formula is C14H13ClO3S. The zero-order valence-electron chi connectivity index (χ0n) is 10.6. The number of hydrogen-bond donors (Lipinski definition) is 1. The van der Waals surface area contributed by atoms with Gasteiger partial charge in [-0.05, 0) is 48.6 Å². The molecular weight excluding hydrogens is 284 g/mol. The van der Waals surface area contributed by atoms with Crippen LogP contribution >= 0.6 is 22.9 Å². The Balaban J connectivity index is 2.15. The molecule has 0 atom stereocenters. The molecule has 0 amide bonds. The smallest absolute Gasteiger partial charge is 0.346 e. The predicted octanol–water partition coefficient (Wildman–Crippen LogP) is 4.30. The summed E-state index contributed by atoms with van der Waals surface area (Å²) in [6.45, 7) is 4.07. The second kappa shape index (κ2) is 5.63. The Morgan fingerprint density at radius 2 is 2.00 bits per heavy atom. The minimum Gasteiger partial charge on any atom is -0.489 e. The highest BCUT2D eigenvalue weighted by atomic mass is 35.5. The first kappa shape index (κ1) is 13.9. The molecule has 0 saturated carbocycles. The summed E-state index contributed by atoms with van der Waals surface area (Å²) < 4.78 is 5.64. The van der Waals surface area contributed by atoms with E-state index in [-0.39, 0.29) is 6.61 Å². The van der Waals surface area contributed by atoms with Crippen molar-refractivity contribution in [1.82, 2.24) is 0 Å². The highest BCUT2D eigenvalue weighted by Crippen LogP contribution is 2.27. The van der Waals surface area contributed by atoms with Crippen molar-refractivity contribution < 1.29 is 14.6 Å². The molecule has 1 N–H and O–H groups in total. The van der Waals surface area contributed by atoms with Crippen molar-refractivity contribution in [3.8, 4) is 5.75 Å². The Labute approximate surface area is 120 Å². The molecule has 1 aromatic carbocycles. The van der Waals surface area contributed by atoms with E-state index < -0.39 is 5.97 Å². The van der Waals surface area contributed by atoms with Crippen LogP contribution in [-0.4, -0.2) is 11.1 Å². The molecule has 0 unspecified atom stereocenters. The lowest BCUT2D eigenvalue weighted by Gasteiger charge is -2.09. The van der Waals surface area contributed by atoms with Crippen molar-refractivity contribution >= 4 is 28.9 Å². The SMILES string of the molecule is Cc1cc(OCc2ccsc2C(=O)O)cc(C)c1Cl. The summed E-state index contributed by atoms with van der Waals surface area (Å²) >= 11 is 7.29. The molecule has 1 aromatic heterocycles. The van der Waals surface area contributed by atoms with Gasteiger partial charge in [0.15, 0.2) is 0 Å². The first-order chi connectivity index (χ1) is 8.99. The van der Waals surface area contributed by atoms with Gasteiger partial charge in [-0.25, -0.2) is 4.79 Å². The van der Waals surface area contributed by atoms with Gasteiger partial charge in [0.2, 0.25) is 0 Å². The van der Waals surface area contributed by atoms with Crippen molar-refractivity contribution in [1.29, 1.82) is 0 Å². The highest BCUT2D eigenvalue weighted by molar-refractivity contribution is 7.12. The van der Waals surface area contributed by atoms with Gasteiger partial charge in [0, 0.05) is 10.6 Å². The largest absolute Gasteiger partial charge is 0.489 e. The van der Waals surface area contributed by atoms with Gasteiger partial charge in [-0.1, -0.05) is 11.6 Å². The van der Waals surface area contributed by atoms with Crippen LogP contribution < -0.4 is 4.74 Å². The fraction of sp³-hybridized carbons (Fsp3) is 0.214. The fourth-order valence-corrected chi connectivity index (χ4v) is 2.64. The van der Waals surface area contributed by atoms with E-state index in [4.69, 9.17) is 21.4 Å². The number of thiophene rings is 1. The standard InChI is InChI=1S/C14H13ClO3S/c1-8-5-11(6-9(2)12(8)15)18-7-10-3-4-19-13(10)14(16)17/h3-6H,7H2,1-2H3,(H,16,17). The molecule has 3 nitrogen and oxygen atoms in total. The van der Waals surface area contributed by atoms with E-state index in [1.165, 1.54) is 11.3 Å². The van der Waals surface area contributed by atoms with Gasteiger partial charge < -0.3 is 9.84 Å². The van der Waals surface area contributed by atoms with Gasteiger partial charge in [-0.15, -0.1) is 11.3 Å². The first-order valence-corrected chi connectivity index (χ1v) is 6.94. The van der Waals surface area contributed by atoms with Gasteiger partial charge in [0.05, 0.1) is 0 Å². The van der Waals surface area contributed by atoms with Crippen LogP contribution in [0.2, 0.25) is 5.02 Å². The molecule has 2 rings (SSSR count). The van der Waals surface area contributed by atoms with Crippen LogP contribution in [0.1, 0.15) is 26.4 Å². The number of carboxylic acids is 1. The van der Waals surface area contributed by atoms with Crippen LogP contribution in [0.3, 0.4) is 0 Å². The molecule has 0 spiro atoms. The number of carboxylic acid groups (broad SMARTS) is 1. The fourth-order valence-electron chi connectivity index (χ4n) is 1.79. The maximum absolute atomic E-state index is 11.0. The first-order valence-electron chi connectivity index (χ1n) is 5.68. The third-order valence-corrected chi connectivity index (χ3v) is 4.29. The van der Waals surface area contributed by atoms with E-state index in [1.807, 2.05) is 26.0 Å². The molecule has 1 heterocycles. The zero-order valence-corrected chi connectivity index (χ0v) is 12.1. The minimum atomic E-state index is -0.919. The third kappa shape index (κ3) is 3.08.